The number of nitrogens with one attached hydrogen (secondary N) is 8. The topological polar surface area (TPSA) is 166 Å². The molecule has 6 unspecified atom stereocenters. The molecule has 10 aliphatic carbocycles. The zero-order valence-corrected chi connectivity index (χ0v) is 102. The largest absolute Gasteiger partial charge is 0.401 e. The van der Waals surface area contributed by atoms with E-state index in [4.69, 9.17) is 46.4 Å². The molecule has 2 amide bonds. The Bertz CT molecular complexity index is 3660. The van der Waals surface area contributed by atoms with Crippen molar-refractivity contribution in [1.82, 2.24) is 96.4 Å². The average molecular weight is 2140 g/mol. The first-order valence-electron chi connectivity index (χ1n) is 55.6. The number of nitrogens with zero attached hydrogens (tertiary/aromatic N) is 11. The van der Waals surface area contributed by atoms with Gasteiger partial charge in [-0.2, -0.15) is 13.2 Å². The molecule has 0 aromatic heterocycles. The van der Waals surface area contributed by atoms with Gasteiger partial charge in [0.15, 0.2) is 0 Å². The average Bonchev–Trinajstić information content (AvgIpc) is 1.56. The minimum atomic E-state index is -4.13. The number of carbonyl (C=O) groups excluding carboxylic acids is 2. The molecule has 23 atom stereocenters. The number of amides is 2. The Kier molecular flexibility index (Phi) is 50.7. The second-order valence-electron chi connectivity index (χ2n) is 56.1. The number of likely N-dealkylation sites (tertiary alicyclic amines) is 2. The molecule has 0 aromatic rings. The molecular formula is C112H220Cl4F7N19O2. The van der Waals surface area contributed by atoms with E-state index in [2.05, 4.69) is 292 Å². The first-order chi connectivity index (χ1) is 65.2. The van der Waals surface area contributed by atoms with E-state index in [0.29, 0.717) is 128 Å². The summed E-state index contributed by atoms with van der Waals surface area (Å²) in [6.07, 6.45) is 18.8. The summed E-state index contributed by atoms with van der Waals surface area (Å²) in [5.74, 6) is 0.242. The number of hydrogen-bond acceptors (Lipinski definition) is 19. The van der Waals surface area contributed by atoms with Crippen LogP contribution >= 0.6 is 46.4 Å². The maximum Gasteiger partial charge on any atom is 0.401 e. The molecule has 0 radical (unpaired) electrons. The van der Waals surface area contributed by atoms with E-state index < -0.39 is 45.2 Å². The van der Waals surface area contributed by atoms with Gasteiger partial charge in [0.05, 0.1) is 18.0 Å². The molecule has 32 heteroatoms. The van der Waals surface area contributed by atoms with E-state index in [1.807, 2.05) is 92.0 Å². The molecule has 2 heterocycles. The van der Waals surface area contributed by atoms with Crippen LogP contribution in [0.2, 0.25) is 0 Å². The van der Waals surface area contributed by atoms with Crippen LogP contribution in [0.4, 0.5) is 30.7 Å². The Labute approximate surface area is 897 Å². The van der Waals surface area contributed by atoms with Gasteiger partial charge in [-0.3, -0.25) is 19.4 Å². The third-order valence-electron chi connectivity index (χ3n) is 31.8. The van der Waals surface area contributed by atoms with Gasteiger partial charge in [0, 0.05) is 194 Å². The van der Waals surface area contributed by atoms with E-state index in [9.17, 15) is 40.3 Å². The lowest BCUT2D eigenvalue weighted by atomic mass is 9.85. The summed E-state index contributed by atoms with van der Waals surface area (Å²) in [5.41, 5.74) is 0.103. The van der Waals surface area contributed by atoms with Crippen LogP contribution in [0.25, 0.3) is 0 Å². The van der Waals surface area contributed by atoms with E-state index in [1.54, 1.807) is 4.90 Å². The van der Waals surface area contributed by atoms with Gasteiger partial charge in [-0.25, -0.2) is 17.6 Å². The maximum atomic E-state index is 13.4. The minimum Gasteiger partial charge on any atom is -0.341 e. The van der Waals surface area contributed by atoms with Crippen LogP contribution in [0.15, 0.2) is 0 Å². The van der Waals surface area contributed by atoms with Gasteiger partial charge in [-0.15, -0.1) is 46.4 Å². The third kappa shape index (κ3) is 45.3. The summed E-state index contributed by atoms with van der Waals surface area (Å²) in [4.78, 5) is 48.7. The molecule has 10 saturated carbocycles. The van der Waals surface area contributed by atoms with Crippen molar-refractivity contribution >= 4 is 58.2 Å². The van der Waals surface area contributed by atoms with E-state index in [-0.39, 0.29) is 105 Å². The molecule has 0 spiro atoms. The Morgan fingerprint density at radius 3 is 0.979 bits per heavy atom. The van der Waals surface area contributed by atoms with Crippen LogP contribution in [-0.4, -0.2) is 397 Å². The van der Waals surface area contributed by atoms with Crippen molar-refractivity contribution in [3.05, 3.63) is 0 Å². The molecule has 144 heavy (non-hydrogen) atoms. The van der Waals surface area contributed by atoms with Gasteiger partial charge in [0.1, 0.15) is 21.0 Å². The second kappa shape index (κ2) is 54.7. The summed E-state index contributed by atoms with van der Waals surface area (Å²) in [7, 11) is 32.6. The number of carbonyl (C=O) groups is 2. The van der Waals surface area contributed by atoms with E-state index >= 15 is 0 Å². The molecular weight excluding hydrogens is 1920 g/mol. The lowest BCUT2D eigenvalue weighted by molar-refractivity contribution is -0.168. The minimum absolute atomic E-state index is 0.00505. The van der Waals surface area contributed by atoms with Gasteiger partial charge < -0.3 is 86.6 Å². The number of fused-ring (bicyclic) bond motifs is 2. The second-order valence-corrected chi connectivity index (χ2v) is 59.0. The number of hydrogen-bond donors (Lipinski definition) is 8. The van der Waals surface area contributed by atoms with Crippen LogP contribution < -0.4 is 42.5 Å². The van der Waals surface area contributed by atoms with E-state index in [1.165, 1.54) is 32.1 Å². The first-order valence-corrected chi connectivity index (χ1v) is 57.1. The van der Waals surface area contributed by atoms with Crippen LogP contribution in [0.5, 0.6) is 0 Å². The van der Waals surface area contributed by atoms with Crippen molar-refractivity contribution in [2.24, 2.45) is 29.6 Å². The monoisotopic (exact) mass is 2140 g/mol. The molecule has 8 N–H and O–H groups in total. The Morgan fingerprint density at radius 2 is 0.639 bits per heavy atom. The van der Waals surface area contributed by atoms with E-state index in [0.717, 1.165) is 116 Å². The maximum absolute atomic E-state index is 13.4. The Morgan fingerprint density at radius 1 is 0.333 bits per heavy atom. The standard InChI is InChI=1S/C17H33N3O.C17H35N3O.C16H30F3N3.2C13H24Cl2N2.C12H24F2N2.2C12H25FN2/c1-17(2,3)18-14-8-6-7-9-15(14)20(5)16(21)13-10-11-19(4)12-13;1-16(2,3)18-13-11-9-10-12-14(13)20(8)15(21)17(4,5)19(6)7;1-15(2,3)20-13-7-5-6-8-14(13)22(11-16(17,18)19)12-9-21(4)10-12;2*1-12(2,3)16-10-6-8-9(13(8,14)15)7-11(10)17(4)5;1-11(2,3)15-9-6-7-12(13,14)8-10(9)16(4)5;1-12(2,3)14-10-8-9(13)6-7-11(10)15(4)5;1-12(2,3)14-10-7-6-9(13)8-11(10)15(4)5/h13-15,18H,6-12H2,1-5H3;13-14,18H,9-12H2,1-8H3;12-14,20H,5-11H2,1-4H3;2*8-11,16H,6-7H2,1-5H3;9-10,15H,6-8H2,1-5H3;2*9-11,14H,6-8H2,1-5H3/t13-,14-,15-;2*13-,14-;2*8?,9?,10-,11-;9-,10-;2*9?,10-,11-/m00010100/s1. The van der Waals surface area contributed by atoms with Crippen LogP contribution in [0, 0.1) is 29.6 Å². The molecule has 2 saturated heterocycles. The molecule has 21 nitrogen and oxygen atoms in total. The fraction of sp³-hybridized carbons (Fsp3) is 0.982. The molecule has 12 aliphatic rings. The van der Waals surface area contributed by atoms with Gasteiger partial charge >= 0.3 is 6.18 Å². The van der Waals surface area contributed by atoms with Crippen LogP contribution in [-0.2, 0) is 9.59 Å². The molecule has 12 fully saturated rings. The highest BCUT2D eigenvalue weighted by Gasteiger charge is 2.68. The van der Waals surface area contributed by atoms with Crippen molar-refractivity contribution in [2.75, 3.05) is 145 Å². The highest BCUT2D eigenvalue weighted by atomic mass is 35.5. The molecule has 2 aliphatic heterocycles. The Hall–Kier alpha value is -1.07. The summed E-state index contributed by atoms with van der Waals surface area (Å²) < 4.78 is 91.8. The summed E-state index contributed by atoms with van der Waals surface area (Å²) in [6, 6.07) is 5.31. The van der Waals surface area contributed by atoms with Gasteiger partial charge in [-0.05, 0) is 424 Å². The third-order valence-corrected chi connectivity index (χ3v) is 34.0. The number of rotatable bonds is 21. The predicted molar refractivity (Wildman–Crippen MR) is 598 cm³/mol. The van der Waals surface area contributed by atoms with Crippen molar-refractivity contribution in [3.63, 3.8) is 0 Å². The normalized spacial score (nSPS) is 32.4. The van der Waals surface area contributed by atoms with Gasteiger partial charge in [0.25, 0.3) is 0 Å². The SMILES string of the molecule is CN(C(=O)C(C)(C)N(C)C)[C@H]1CCCC[C@@H]1NC(C)(C)C.CN(C)[C@@H]1CC(F)(F)CC[C@H]1NC(C)(C)C.CN(C)[C@@H]1CC2C(C[C@H]1NC(C)(C)C)C2(Cl)Cl.CN(C)[C@H]1CC(F)CC[C@@H]1NC(C)(C)C.CN(C)[C@H]1CC2C(C[C@@H]1NC(C)(C)C)C2(Cl)Cl.CN(C)[C@H]1CCC(F)C[C@@H]1NC(C)(C)C.CN1CC(N(CC(F)(F)F)[C@H]2CCCC[C@@H]2NC(C)(C)C)C1.CN1CC[C@H](C(=O)N(C)[C@H]2CCCC[C@@H]2NC(C)(C)C)C1. The predicted octanol–water partition coefficient (Wildman–Crippen LogP) is 20.1. The number of likely N-dealkylation sites (N-methyl/N-ethyl adjacent to an activating group) is 9. The van der Waals surface area contributed by atoms with Crippen molar-refractivity contribution < 1.29 is 40.3 Å². The zero-order valence-electron chi connectivity index (χ0n) is 99.2. The highest BCUT2D eigenvalue weighted by molar-refractivity contribution is 6.51. The van der Waals surface area contributed by atoms with Crippen LogP contribution in [0.1, 0.15) is 347 Å². The molecule has 0 bridgehead atoms. The number of alkyl halides is 11. The van der Waals surface area contributed by atoms with Crippen molar-refractivity contribution in [2.45, 2.75) is 533 Å². The summed E-state index contributed by atoms with van der Waals surface area (Å²) in [5, 5.41) is 29.1. The Balaban J connectivity index is 0.000000291. The highest BCUT2D eigenvalue weighted by Crippen LogP contribution is 2.67. The first kappa shape index (κ1) is 133. The lowest BCUT2D eigenvalue weighted by Gasteiger charge is -2.51. The number of halogens is 11. The zero-order chi connectivity index (χ0) is 110. The van der Waals surface area contributed by atoms with Crippen molar-refractivity contribution in [1.29, 1.82) is 0 Å². The fourth-order valence-electron chi connectivity index (χ4n) is 24.5. The van der Waals surface area contributed by atoms with Gasteiger partial charge in [0.2, 0.25) is 17.7 Å². The quantitative estimate of drug-likeness (QED) is 0.0404. The fourth-order valence-corrected chi connectivity index (χ4v) is 26.2. The smallest absolute Gasteiger partial charge is 0.341 e. The summed E-state index contributed by atoms with van der Waals surface area (Å²) in [6.45, 7) is 58.6. The van der Waals surface area contributed by atoms with Crippen LogP contribution in [0.3, 0.4) is 0 Å². The van der Waals surface area contributed by atoms with Crippen molar-refractivity contribution in [3.8, 4) is 0 Å². The lowest BCUT2D eigenvalue weighted by Crippen LogP contribution is -2.66. The van der Waals surface area contributed by atoms with Gasteiger partial charge in [-0.1, -0.05) is 38.5 Å². The molecule has 852 valence electrons. The molecule has 12 rings (SSSR count). The summed E-state index contributed by atoms with van der Waals surface area (Å²) >= 11 is 25.4. The molecule has 0 aromatic carbocycles.